The van der Waals surface area contributed by atoms with E-state index in [4.69, 9.17) is 6.58 Å². The van der Waals surface area contributed by atoms with Gasteiger partial charge in [0.15, 0.2) is 0 Å². The Kier molecular flexibility index (Phi) is 7.13. The molecule has 1 aromatic carbocycles. The maximum Gasteiger partial charge on any atom is 0.0123 e. The molecule has 0 saturated heterocycles. The van der Waals surface area contributed by atoms with Gasteiger partial charge in [0.2, 0.25) is 0 Å². The third kappa shape index (κ3) is 4.54. The largest absolute Gasteiger partial charge is 0.0995 e. The molecule has 4 atom stereocenters. The molecule has 3 aliphatic rings. The van der Waals surface area contributed by atoms with Gasteiger partial charge in [0.1, 0.15) is 0 Å². The first-order chi connectivity index (χ1) is 15.9. The normalized spacial score (nSPS) is 28.0. The molecule has 0 radical (unpaired) electrons. The van der Waals surface area contributed by atoms with Crippen molar-refractivity contribution in [3.05, 3.63) is 106 Å². The molecule has 1 saturated carbocycles. The number of fused-ring (bicyclic) bond motifs is 1. The summed E-state index contributed by atoms with van der Waals surface area (Å²) in [4.78, 5) is 0. The van der Waals surface area contributed by atoms with Crippen LogP contribution in [0.5, 0.6) is 0 Å². The van der Waals surface area contributed by atoms with Crippen LogP contribution in [0.2, 0.25) is 0 Å². The fourth-order valence-corrected chi connectivity index (χ4v) is 6.59. The number of hydrogen-bond donors (Lipinski definition) is 0. The van der Waals surface area contributed by atoms with Gasteiger partial charge in [-0.1, -0.05) is 106 Å². The molecular weight excluding hydrogens is 396 g/mol. The summed E-state index contributed by atoms with van der Waals surface area (Å²) in [5, 5.41) is 0. The summed E-state index contributed by atoms with van der Waals surface area (Å²) in [5.41, 5.74) is 13.2. The van der Waals surface area contributed by atoms with E-state index in [2.05, 4.69) is 83.7 Å². The molecule has 4 rings (SSSR count). The van der Waals surface area contributed by atoms with Crippen LogP contribution in [0.1, 0.15) is 82.9 Å². The van der Waals surface area contributed by atoms with E-state index in [1.807, 2.05) is 0 Å². The van der Waals surface area contributed by atoms with Crippen LogP contribution in [0.3, 0.4) is 0 Å². The van der Waals surface area contributed by atoms with E-state index < -0.39 is 0 Å². The van der Waals surface area contributed by atoms with E-state index in [-0.39, 0.29) is 0 Å². The Morgan fingerprint density at radius 2 is 1.88 bits per heavy atom. The Labute approximate surface area is 202 Å². The fraction of sp³-hybridized carbons (Fsp3) is 0.455. The van der Waals surface area contributed by atoms with Crippen LogP contribution < -0.4 is 0 Å². The van der Waals surface area contributed by atoms with Gasteiger partial charge in [0, 0.05) is 11.8 Å². The minimum absolute atomic E-state index is 0.402. The SMILES string of the molecule is C=C1/C(=C\C2=CC=C(C)C2)CC2=CC(C)C(C(=C)CCC)C(c3cc(CC)ccc3CC)C12. The standard InChI is InChI=1S/C33H42/c1-8-11-22(5)31-23(6)17-29-20-28(18-26-13-12-21(4)16-26)24(7)32(29)33(31)30-19-25(9-2)14-15-27(30)10-3/h12-15,17-19,23,31-33H,5,7-11,16,20H2,1-4,6H3/b28-18-. The third-order valence-electron chi connectivity index (χ3n) is 8.20. The zero-order valence-corrected chi connectivity index (χ0v) is 21.5. The van der Waals surface area contributed by atoms with Gasteiger partial charge < -0.3 is 0 Å². The molecule has 33 heavy (non-hydrogen) atoms. The molecule has 0 aromatic heterocycles. The molecule has 0 spiro atoms. The Morgan fingerprint density at radius 3 is 2.52 bits per heavy atom. The van der Waals surface area contributed by atoms with E-state index in [0.29, 0.717) is 23.7 Å². The second-order valence-electron chi connectivity index (χ2n) is 10.6. The average molecular weight is 439 g/mol. The predicted octanol–water partition coefficient (Wildman–Crippen LogP) is 9.22. The molecule has 1 aromatic rings. The van der Waals surface area contributed by atoms with Gasteiger partial charge in [0.25, 0.3) is 0 Å². The van der Waals surface area contributed by atoms with Gasteiger partial charge >= 0.3 is 0 Å². The minimum atomic E-state index is 0.402. The maximum atomic E-state index is 4.74. The van der Waals surface area contributed by atoms with Crippen molar-refractivity contribution in [2.24, 2.45) is 17.8 Å². The second-order valence-corrected chi connectivity index (χ2v) is 10.6. The predicted molar refractivity (Wildman–Crippen MR) is 145 cm³/mol. The molecule has 0 heteroatoms. The summed E-state index contributed by atoms with van der Waals surface area (Å²) in [7, 11) is 0. The van der Waals surface area contributed by atoms with Crippen molar-refractivity contribution >= 4 is 0 Å². The molecule has 4 unspecified atom stereocenters. The zero-order valence-electron chi connectivity index (χ0n) is 21.5. The summed E-state index contributed by atoms with van der Waals surface area (Å²) in [5.74, 6) is 1.83. The minimum Gasteiger partial charge on any atom is -0.0995 e. The quantitative estimate of drug-likeness (QED) is 0.372. The van der Waals surface area contributed by atoms with Gasteiger partial charge in [-0.15, -0.1) is 0 Å². The maximum absolute atomic E-state index is 4.74. The summed E-state index contributed by atoms with van der Waals surface area (Å²) in [6.07, 6.45) is 16.2. The van der Waals surface area contributed by atoms with Crippen molar-refractivity contribution in [3.8, 4) is 0 Å². The Morgan fingerprint density at radius 1 is 1.09 bits per heavy atom. The molecule has 0 nitrogen and oxygen atoms in total. The lowest BCUT2D eigenvalue weighted by Gasteiger charge is -2.42. The van der Waals surface area contributed by atoms with Crippen molar-refractivity contribution in [1.82, 2.24) is 0 Å². The number of allylic oxidation sites excluding steroid dienone is 10. The molecule has 0 amide bonds. The number of benzene rings is 1. The fourth-order valence-electron chi connectivity index (χ4n) is 6.59. The van der Waals surface area contributed by atoms with Crippen LogP contribution in [-0.2, 0) is 12.8 Å². The van der Waals surface area contributed by atoms with Crippen LogP contribution in [0.4, 0.5) is 0 Å². The Bertz CT molecular complexity index is 1070. The van der Waals surface area contributed by atoms with Gasteiger partial charge in [-0.3, -0.25) is 0 Å². The number of rotatable bonds is 7. The zero-order chi connectivity index (χ0) is 23.7. The van der Waals surface area contributed by atoms with E-state index in [9.17, 15) is 0 Å². The molecular formula is C33H42. The van der Waals surface area contributed by atoms with Crippen molar-refractivity contribution < 1.29 is 0 Å². The topological polar surface area (TPSA) is 0 Å². The van der Waals surface area contributed by atoms with Crippen molar-refractivity contribution in [2.75, 3.05) is 0 Å². The van der Waals surface area contributed by atoms with Crippen molar-refractivity contribution in [1.29, 1.82) is 0 Å². The lowest BCUT2D eigenvalue weighted by molar-refractivity contribution is 0.321. The summed E-state index contributed by atoms with van der Waals surface area (Å²) in [6.45, 7) is 20.9. The van der Waals surface area contributed by atoms with E-state index in [1.165, 1.54) is 39.0 Å². The van der Waals surface area contributed by atoms with Crippen molar-refractivity contribution in [3.63, 3.8) is 0 Å². The highest BCUT2D eigenvalue weighted by Crippen LogP contribution is 2.57. The van der Waals surface area contributed by atoms with Crippen LogP contribution in [0.15, 0.2) is 89.1 Å². The van der Waals surface area contributed by atoms with Gasteiger partial charge in [-0.2, -0.15) is 0 Å². The smallest absolute Gasteiger partial charge is 0.0123 e. The van der Waals surface area contributed by atoms with Crippen LogP contribution >= 0.6 is 0 Å². The molecule has 174 valence electrons. The van der Waals surface area contributed by atoms with Gasteiger partial charge in [-0.25, -0.2) is 0 Å². The van der Waals surface area contributed by atoms with E-state index >= 15 is 0 Å². The van der Waals surface area contributed by atoms with E-state index in [0.717, 1.165) is 38.5 Å². The summed E-state index contributed by atoms with van der Waals surface area (Å²) >= 11 is 0. The first kappa shape index (κ1) is 23.8. The monoisotopic (exact) mass is 438 g/mol. The Hall–Kier alpha value is -2.34. The average Bonchev–Trinajstić information content (AvgIpc) is 3.34. The van der Waals surface area contributed by atoms with Gasteiger partial charge in [0.05, 0.1) is 0 Å². The summed E-state index contributed by atoms with van der Waals surface area (Å²) < 4.78 is 0. The van der Waals surface area contributed by atoms with E-state index in [1.54, 1.807) is 11.1 Å². The highest BCUT2D eigenvalue weighted by molar-refractivity contribution is 5.55. The number of hydrogen-bond acceptors (Lipinski definition) is 0. The second kappa shape index (κ2) is 9.88. The highest BCUT2D eigenvalue weighted by Gasteiger charge is 2.45. The summed E-state index contributed by atoms with van der Waals surface area (Å²) in [6, 6.07) is 7.24. The molecule has 3 aliphatic carbocycles. The molecule has 0 aliphatic heterocycles. The first-order valence-corrected chi connectivity index (χ1v) is 13.1. The molecule has 1 fully saturated rings. The third-order valence-corrected chi connectivity index (χ3v) is 8.20. The Balaban J connectivity index is 1.82. The molecule has 0 N–H and O–H groups in total. The number of aryl methyl sites for hydroxylation is 2. The molecule has 0 heterocycles. The van der Waals surface area contributed by atoms with Crippen LogP contribution in [-0.4, -0.2) is 0 Å². The van der Waals surface area contributed by atoms with Gasteiger partial charge in [-0.05, 0) is 84.3 Å². The van der Waals surface area contributed by atoms with Crippen LogP contribution in [0.25, 0.3) is 0 Å². The van der Waals surface area contributed by atoms with Crippen LogP contribution in [0, 0.1) is 17.8 Å². The highest BCUT2D eigenvalue weighted by atomic mass is 14.5. The first-order valence-electron chi connectivity index (χ1n) is 13.1. The molecule has 0 bridgehead atoms. The lowest BCUT2D eigenvalue weighted by Crippen LogP contribution is -2.32. The lowest BCUT2D eigenvalue weighted by atomic mass is 9.61. The van der Waals surface area contributed by atoms with Crippen molar-refractivity contribution in [2.45, 2.75) is 79.1 Å².